The van der Waals surface area contributed by atoms with Gasteiger partial charge in [0.1, 0.15) is 22.6 Å². The van der Waals surface area contributed by atoms with Gasteiger partial charge < -0.3 is 30.0 Å². The number of hydrogen-bond acceptors (Lipinski definition) is 6. The average molecular weight is 473 g/mol. The molecule has 2 rings (SSSR count). The molecule has 186 valence electrons. The predicted octanol–water partition coefficient (Wildman–Crippen LogP) is 4.31. The van der Waals surface area contributed by atoms with Crippen LogP contribution in [0.5, 0.6) is 11.5 Å². The van der Waals surface area contributed by atoms with Gasteiger partial charge in [-0.25, -0.2) is 4.79 Å². The van der Waals surface area contributed by atoms with E-state index in [2.05, 4.69) is 22.8 Å². The molecule has 2 amide bonds. The smallest absolute Gasteiger partial charge is 0.408 e. The molecule has 1 atom stereocenters. The number of anilines is 1. The SMILES string of the molecule is COc1ccc(CCCCOc2ccc(NC(=O)C(C)(CO)NC(=O)OC(C)(C)C)cc2)cc1. The minimum Gasteiger partial charge on any atom is -0.497 e. The fourth-order valence-electron chi connectivity index (χ4n) is 3.01. The summed E-state index contributed by atoms with van der Waals surface area (Å²) in [5.41, 5.74) is -0.483. The molecule has 0 saturated heterocycles. The van der Waals surface area contributed by atoms with Crippen LogP contribution in [-0.2, 0) is 16.0 Å². The number of aliphatic hydroxyl groups is 1. The maximum absolute atomic E-state index is 12.7. The van der Waals surface area contributed by atoms with E-state index in [4.69, 9.17) is 14.2 Å². The van der Waals surface area contributed by atoms with E-state index in [0.29, 0.717) is 18.0 Å². The Bertz CT molecular complexity index is 922. The monoisotopic (exact) mass is 472 g/mol. The number of carbonyl (C=O) groups is 2. The molecule has 3 N–H and O–H groups in total. The Hall–Kier alpha value is -3.26. The van der Waals surface area contributed by atoms with E-state index in [-0.39, 0.29) is 0 Å². The van der Waals surface area contributed by atoms with Crippen molar-refractivity contribution in [3.8, 4) is 11.5 Å². The zero-order valence-electron chi connectivity index (χ0n) is 20.6. The van der Waals surface area contributed by atoms with Gasteiger partial charge in [0.05, 0.1) is 20.3 Å². The van der Waals surface area contributed by atoms with Crippen molar-refractivity contribution in [2.24, 2.45) is 0 Å². The van der Waals surface area contributed by atoms with Crippen LogP contribution in [0.25, 0.3) is 0 Å². The summed E-state index contributed by atoms with van der Waals surface area (Å²) in [6.45, 7) is 6.57. The van der Waals surface area contributed by atoms with Crippen molar-refractivity contribution in [1.82, 2.24) is 5.32 Å². The van der Waals surface area contributed by atoms with E-state index < -0.39 is 29.7 Å². The molecule has 0 fully saturated rings. The fraction of sp³-hybridized carbons (Fsp3) is 0.462. The first-order valence-electron chi connectivity index (χ1n) is 11.3. The van der Waals surface area contributed by atoms with Gasteiger partial charge in [0.15, 0.2) is 0 Å². The number of aliphatic hydroxyl groups excluding tert-OH is 1. The highest BCUT2D eigenvalue weighted by Gasteiger charge is 2.36. The number of ether oxygens (including phenoxy) is 3. The number of amides is 2. The van der Waals surface area contributed by atoms with E-state index in [1.54, 1.807) is 52.1 Å². The van der Waals surface area contributed by atoms with Crippen molar-refractivity contribution in [2.75, 3.05) is 25.6 Å². The van der Waals surface area contributed by atoms with Crippen LogP contribution in [0, 0.1) is 0 Å². The van der Waals surface area contributed by atoms with Crippen LogP contribution in [0.3, 0.4) is 0 Å². The molecule has 0 radical (unpaired) electrons. The lowest BCUT2D eigenvalue weighted by Gasteiger charge is -2.29. The third kappa shape index (κ3) is 8.94. The van der Waals surface area contributed by atoms with Gasteiger partial charge in [-0.3, -0.25) is 4.79 Å². The Labute approximate surface area is 201 Å². The summed E-state index contributed by atoms with van der Waals surface area (Å²) >= 11 is 0. The number of methoxy groups -OCH3 is 1. The molecule has 34 heavy (non-hydrogen) atoms. The van der Waals surface area contributed by atoms with Crippen LogP contribution in [0.4, 0.5) is 10.5 Å². The molecule has 2 aromatic carbocycles. The maximum atomic E-state index is 12.7. The van der Waals surface area contributed by atoms with E-state index in [1.807, 2.05) is 12.1 Å². The molecule has 2 aromatic rings. The maximum Gasteiger partial charge on any atom is 0.408 e. The minimum atomic E-state index is -1.54. The van der Waals surface area contributed by atoms with Gasteiger partial charge in [0, 0.05) is 5.69 Å². The molecule has 1 unspecified atom stereocenters. The first-order valence-corrected chi connectivity index (χ1v) is 11.3. The third-order valence-corrected chi connectivity index (χ3v) is 4.99. The summed E-state index contributed by atoms with van der Waals surface area (Å²) in [4.78, 5) is 24.7. The fourth-order valence-corrected chi connectivity index (χ4v) is 3.01. The topological polar surface area (TPSA) is 106 Å². The van der Waals surface area contributed by atoms with E-state index in [9.17, 15) is 14.7 Å². The van der Waals surface area contributed by atoms with Crippen LogP contribution in [0.15, 0.2) is 48.5 Å². The van der Waals surface area contributed by atoms with Gasteiger partial charge in [-0.15, -0.1) is 0 Å². The minimum absolute atomic E-state index is 0.516. The number of alkyl carbamates (subject to hydrolysis) is 1. The average Bonchev–Trinajstić information content (AvgIpc) is 2.79. The number of aryl methyl sites for hydroxylation is 1. The molecule has 0 aliphatic rings. The Morgan fingerprint density at radius 1 is 0.912 bits per heavy atom. The highest BCUT2D eigenvalue weighted by molar-refractivity contribution is 5.99. The normalized spacial score (nSPS) is 12.9. The number of unbranched alkanes of at least 4 members (excludes halogenated alkanes) is 1. The highest BCUT2D eigenvalue weighted by Crippen LogP contribution is 2.19. The zero-order valence-corrected chi connectivity index (χ0v) is 20.6. The molecule has 0 aliphatic heterocycles. The lowest BCUT2D eigenvalue weighted by atomic mass is 10.0. The standard InChI is InChI=1S/C26H36N2O6/c1-25(2,3)34-24(31)28-26(4,18-29)23(30)27-20-11-15-22(16-12-20)33-17-7-6-8-19-9-13-21(32-5)14-10-19/h9-16,29H,6-8,17-18H2,1-5H3,(H,27,30)(H,28,31). The molecule has 8 heteroatoms. The molecule has 0 saturated carbocycles. The van der Waals surface area contributed by atoms with Gasteiger partial charge in [-0.2, -0.15) is 0 Å². The van der Waals surface area contributed by atoms with E-state index in [1.165, 1.54) is 12.5 Å². The van der Waals surface area contributed by atoms with Crippen LogP contribution < -0.4 is 20.1 Å². The molecule has 0 aliphatic carbocycles. The molecule has 0 heterocycles. The summed E-state index contributed by atoms with van der Waals surface area (Å²) in [6, 6.07) is 15.0. The van der Waals surface area contributed by atoms with Gasteiger partial charge >= 0.3 is 6.09 Å². The Balaban J connectivity index is 1.78. The number of nitrogens with one attached hydrogen (secondary N) is 2. The van der Waals surface area contributed by atoms with Crippen molar-refractivity contribution in [3.05, 3.63) is 54.1 Å². The molecule has 0 spiro atoms. The Morgan fingerprint density at radius 3 is 2.09 bits per heavy atom. The highest BCUT2D eigenvalue weighted by atomic mass is 16.6. The second-order valence-electron chi connectivity index (χ2n) is 9.25. The molecule has 8 nitrogen and oxygen atoms in total. The van der Waals surface area contributed by atoms with Crippen LogP contribution in [0.1, 0.15) is 46.1 Å². The summed E-state index contributed by atoms with van der Waals surface area (Å²) in [5, 5.41) is 14.8. The summed E-state index contributed by atoms with van der Waals surface area (Å²) in [6.07, 6.45) is 2.11. The number of hydrogen-bond donors (Lipinski definition) is 3. The van der Waals surface area contributed by atoms with Crippen LogP contribution in [-0.4, -0.2) is 48.6 Å². The van der Waals surface area contributed by atoms with Crippen molar-refractivity contribution in [3.63, 3.8) is 0 Å². The number of benzene rings is 2. The van der Waals surface area contributed by atoms with E-state index in [0.717, 1.165) is 25.0 Å². The lowest BCUT2D eigenvalue weighted by molar-refractivity contribution is -0.123. The molecular weight excluding hydrogens is 436 g/mol. The second-order valence-corrected chi connectivity index (χ2v) is 9.25. The van der Waals surface area contributed by atoms with Crippen molar-refractivity contribution in [1.29, 1.82) is 0 Å². The predicted molar refractivity (Wildman–Crippen MR) is 131 cm³/mol. The number of carbonyl (C=O) groups excluding carboxylic acids is 2. The van der Waals surface area contributed by atoms with Gasteiger partial charge in [0.25, 0.3) is 5.91 Å². The number of rotatable bonds is 11. The zero-order chi connectivity index (χ0) is 25.2. The second kappa shape index (κ2) is 12.3. The van der Waals surface area contributed by atoms with Gasteiger partial charge in [-0.05, 0) is 88.9 Å². The van der Waals surface area contributed by atoms with Crippen molar-refractivity contribution >= 4 is 17.7 Å². The molecule has 0 bridgehead atoms. The first-order chi connectivity index (χ1) is 16.0. The van der Waals surface area contributed by atoms with Gasteiger partial charge in [-0.1, -0.05) is 12.1 Å². The molecular formula is C26H36N2O6. The van der Waals surface area contributed by atoms with Crippen molar-refractivity contribution < 1.29 is 28.9 Å². The van der Waals surface area contributed by atoms with Crippen LogP contribution in [0.2, 0.25) is 0 Å². The summed E-state index contributed by atoms with van der Waals surface area (Å²) in [7, 11) is 1.66. The Morgan fingerprint density at radius 2 is 1.53 bits per heavy atom. The third-order valence-electron chi connectivity index (χ3n) is 4.99. The summed E-state index contributed by atoms with van der Waals surface area (Å²) in [5.74, 6) is 0.985. The van der Waals surface area contributed by atoms with Crippen LogP contribution >= 0.6 is 0 Å². The summed E-state index contributed by atoms with van der Waals surface area (Å²) < 4.78 is 16.1. The quantitative estimate of drug-likeness (QED) is 0.421. The largest absolute Gasteiger partial charge is 0.497 e. The molecule has 0 aromatic heterocycles. The van der Waals surface area contributed by atoms with E-state index >= 15 is 0 Å². The Kier molecular flexibility index (Phi) is 9.74. The lowest BCUT2D eigenvalue weighted by Crippen LogP contribution is -2.58. The van der Waals surface area contributed by atoms with Gasteiger partial charge in [0.2, 0.25) is 0 Å². The van der Waals surface area contributed by atoms with Crippen molar-refractivity contribution in [2.45, 2.75) is 58.1 Å². The first kappa shape index (κ1) is 27.0.